The van der Waals surface area contributed by atoms with Crippen molar-refractivity contribution in [3.8, 4) is 0 Å². The van der Waals surface area contributed by atoms with E-state index in [0.717, 1.165) is 19.3 Å². The summed E-state index contributed by atoms with van der Waals surface area (Å²) in [6.07, 6.45) is 6.22. The lowest BCUT2D eigenvalue weighted by Gasteiger charge is -2.31. The van der Waals surface area contributed by atoms with Crippen LogP contribution in [0.4, 0.5) is 0 Å². The highest BCUT2D eigenvalue weighted by molar-refractivity contribution is 5.83. The molecular formula is C14H21N5O3. The number of rotatable bonds is 7. The zero-order chi connectivity index (χ0) is 15.5. The van der Waals surface area contributed by atoms with Crippen LogP contribution in [0.2, 0.25) is 0 Å². The Kier molecular flexibility index (Phi) is 4.37. The van der Waals surface area contributed by atoms with E-state index >= 15 is 0 Å². The average Bonchev–Trinajstić information content (AvgIpc) is 3.13. The van der Waals surface area contributed by atoms with Crippen molar-refractivity contribution in [2.24, 2.45) is 0 Å². The molecule has 22 heavy (non-hydrogen) atoms. The van der Waals surface area contributed by atoms with Crippen molar-refractivity contribution in [3.63, 3.8) is 0 Å². The molecule has 2 fully saturated rings. The van der Waals surface area contributed by atoms with Crippen molar-refractivity contribution in [3.05, 3.63) is 12.4 Å². The number of carbonyl (C=O) groups excluding carboxylic acids is 2. The van der Waals surface area contributed by atoms with E-state index in [2.05, 4.69) is 22.6 Å². The molecule has 2 saturated heterocycles. The molecule has 3 unspecified atom stereocenters. The summed E-state index contributed by atoms with van der Waals surface area (Å²) in [7, 11) is 0. The molecule has 3 heterocycles. The first kappa shape index (κ1) is 15.0. The summed E-state index contributed by atoms with van der Waals surface area (Å²) < 4.78 is 7.28. The van der Waals surface area contributed by atoms with Crippen LogP contribution in [0.15, 0.2) is 12.4 Å². The SMILES string of the molecule is CCCCC(C(=O)NCC1CN2C(=O)CC2O1)n1ccnn1. The fourth-order valence-electron chi connectivity index (χ4n) is 2.86. The van der Waals surface area contributed by atoms with Gasteiger partial charge in [0.05, 0.1) is 25.3 Å². The van der Waals surface area contributed by atoms with Crippen LogP contribution in [0.3, 0.4) is 0 Å². The predicted octanol–water partition coefficient (Wildman–Crippen LogP) is 0.0828. The Balaban J connectivity index is 1.52. The summed E-state index contributed by atoms with van der Waals surface area (Å²) in [4.78, 5) is 25.4. The van der Waals surface area contributed by atoms with Crippen LogP contribution in [0, 0.1) is 0 Å². The number of ether oxygens (including phenoxy) is 1. The highest BCUT2D eigenvalue weighted by Crippen LogP contribution is 2.28. The average molecular weight is 307 g/mol. The van der Waals surface area contributed by atoms with Crippen LogP contribution in [-0.2, 0) is 14.3 Å². The van der Waals surface area contributed by atoms with E-state index < -0.39 is 0 Å². The Bertz CT molecular complexity index is 533. The molecule has 0 saturated carbocycles. The maximum Gasteiger partial charge on any atom is 0.245 e. The number of hydrogen-bond acceptors (Lipinski definition) is 5. The third-order valence-electron chi connectivity index (χ3n) is 4.17. The summed E-state index contributed by atoms with van der Waals surface area (Å²) in [5, 5.41) is 10.6. The molecule has 120 valence electrons. The maximum atomic E-state index is 12.4. The molecule has 2 amide bonds. The zero-order valence-corrected chi connectivity index (χ0v) is 12.6. The summed E-state index contributed by atoms with van der Waals surface area (Å²) in [5.41, 5.74) is 0. The van der Waals surface area contributed by atoms with E-state index in [-0.39, 0.29) is 30.2 Å². The van der Waals surface area contributed by atoms with Crippen LogP contribution >= 0.6 is 0 Å². The summed E-state index contributed by atoms with van der Waals surface area (Å²) in [5.74, 6) is 0.0467. The molecule has 3 rings (SSSR count). The quantitative estimate of drug-likeness (QED) is 0.721. The van der Waals surface area contributed by atoms with E-state index in [0.29, 0.717) is 19.5 Å². The third kappa shape index (κ3) is 2.96. The number of fused-ring (bicyclic) bond motifs is 1. The Labute approximate surface area is 128 Å². The minimum Gasteiger partial charge on any atom is -0.352 e. The van der Waals surface area contributed by atoms with E-state index in [4.69, 9.17) is 4.74 Å². The first-order valence-electron chi connectivity index (χ1n) is 7.77. The minimum absolute atomic E-state index is 0.0804. The Morgan fingerprint density at radius 2 is 2.45 bits per heavy atom. The highest BCUT2D eigenvalue weighted by atomic mass is 16.5. The summed E-state index contributed by atoms with van der Waals surface area (Å²) in [6, 6.07) is -0.345. The molecule has 0 radical (unpaired) electrons. The molecule has 8 nitrogen and oxygen atoms in total. The molecule has 0 bridgehead atoms. The smallest absolute Gasteiger partial charge is 0.245 e. The van der Waals surface area contributed by atoms with Gasteiger partial charge in [0.2, 0.25) is 11.8 Å². The Morgan fingerprint density at radius 3 is 3.09 bits per heavy atom. The molecular weight excluding hydrogens is 286 g/mol. The lowest BCUT2D eigenvalue weighted by Crippen LogP contribution is -2.48. The van der Waals surface area contributed by atoms with Crippen molar-refractivity contribution in [1.82, 2.24) is 25.2 Å². The number of unbranched alkanes of at least 4 members (excludes halogenated alkanes) is 1. The normalized spacial score (nSPS) is 24.8. The van der Waals surface area contributed by atoms with Crippen molar-refractivity contribution in [2.75, 3.05) is 13.1 Å². The van der Waals surface area contributed by atoms with Crippen LogP contribution in [0.1, 0.15) is 38.6 Å². The number of aromatic nitrogens is 3. The van der Waals surface area contributed by atoms with Crippen molar-refractivity contribution < 1.29 is 14.3 Å². The highest BCUT2D eigenvalue weighted by Gasteiger charge is 2.45. The minimum atomic E-state index is -0.345. The van der Waals surface area contributed by atoms with E-state index in [1.807, 2.05) is 0 Å². The Morgan fingerprint density at radius 1 is 1.59 bits per heavy atom. The lowest BCUT2D eigenvalue weighted by molar-refractivity contribution is -0.156. The van der Waals surface area contributed by atoms with Crippen molar-refractivity contribution >= 4 is 11.8 Å². The number of carbonyl (C=O) groups is 2. The molecule has 8 heteroatoms. The summed E-state index contributed by atoms with van der Waals surface area (Å²) in [6.45, 7) is 3.06. The molecule has 3 atom stereocenters. The van der Waals surface area contributed by atoms with Gasteiger partial charge in [-0.1, -0.05) is 25.0 Å². The van der Waals surface area contributed by atoms with Gasteiger partial charge in [0.15, 0.2) is 0 Å². The summed E-state index contributed by atoms with van der Waals surface area (Å²) >= 11 is 0. The van der Waals surface area contributed by atoms with Gasteiger partial charge < -0.3 is 15.0 Å². The van der Waals surface area contributed by atoms with Gasteiger partial charge in [-0.25, -0.2) is 4.68 Å². The van der Waals surface area contributed by atoms with Crippen LogP contribution in [0.5, 0.6) is 0 Å². The van der Waals surface area contributed by atoms with Gasteiger partial charge in [-0.05, 0) is 6.42 Å². The topological polar surface area (TPSA) is 89.4 Å². The van der Waals surface area contributed by atoms with Gasteiger partial charge >= 0.3 is 0 Å². The van der Waals surface area contributed by atoms with E-state index in [1.54, 1.807) is 22.0 Å². The number of β-lactam (4-membered cyclic amide) rings is 1. The lowest BCUT2D eigenvalue weighted by atomic mass is 10.1. The monoisotopic (exact) mass is 307 g/mol. The largest absolute Gasteiger partial charge is 0.352 e. The van der Waals surface area contributed by atoms with Gasteiger partial charge in [-0.2, -0.15) is 0 Å². The maximum absolute atomic E-state index is 12.4. The number of hydrogen-bond donors (Lipinski definition) is 1. The van der Waals surface area contributed by atoms with Crippen molar-refractivity contribution in [2.45, 2.75) is 51.0 Å². The fraction of sp³-hybridized carbons (Fsp3) is 0.714. The van der Waals surface area contributed by atoms with Gasteiger partial charge in [-0.3, -0.25) is 9.59 Å². The molecule has 2 aliphatic heterocycles. The molecule has 0 aliphatic carbocycles. The molecule has 0 aromatic carbocycles. The van der Waals surface area contributed by atoms with Gasteiger partial charge in [0.1, 0.15) is 12.3 Å². The second kappa shape index (κ2) is 6.43. The standard InChI is InChI=1S/C14H21N5O3/c1-2-3-4-11(19-6-5-16-17-19)14(21)15-8-10-9-18-12(20)7-13(18)22-10/h5-6,10-11,13H,2-4,7-9H2,1H3,(H,15,21). The van der Waals surface area contributed by atoms with Crippen molar-refractivity contribution in [1.29, 1.82) is 0 Å². The van der Waals surface area contributed by atoms with Gasteiger partial charge in [0, 0.05) is 12.7 Å². The van der Waals surface area contributed by atoms with E-state index in [9.17, 15) is 9.59 Å². The first-order valence-corrected chi connectivity index (χ1v) is 7.77. The second-order valence-electron chi connectivity index (χ2n) is 5.75. The number of nitrogens with zero attached hydrogens (tertiary/aromatic N) is 4. The predicted molar refractivity (Wildman–Crippen MR) is 76.6 cm³/mol. The Hall–Kier alpha value is -1.96. The molecule has 1 aromatic heterocycles. The van der Waals surface area contributed by atoms with Crippen LogP contribution < -0.4 is 5.32 Å². The molecule has 0 spiro atoms. The van der Waals surface area contributed by atoms with Crippen LogP contribution in [0.25, 0.3) is 0 Å². The number of amides is 2. The van der Waals surface area contributed by atoms with Gasteiger partial charge in [-0.15, -0.1) is 5.10 Å². The van der Waals surface area contributed by atoms with E-state index in [1.165, 1.54) is 0 Å². The molecule has 2 aliphatic rings. The molecule has 1 aromatic rings. The third-order valence-corrected chi connectivity index (χ3v) is 4.17. The van der Waals surface area contributed by atoms with Gasteiger partial charge in [0.25, 0.3) is 0 Å². The first-order chi connectivity index (χ1) is 10.7. The number of nitrogens with one attached hydrogen (secondary N) is 1. The van der Waals surface area contributed by atoms with Crippen LogP contribution in [-0.4, -0.2) is 57.1 Å². The molecule has 1 N–H and O–H groups in total. The second-order valence-corrected chi connectivity index (χ2v) is 5.75. The zero-order valence-electron chi connectivity index (χ0n) is 12.6. The fourth-order valence-corrected chi connectivity index (χ4v) is 2.86.